The zero-order chi connectivity index (χ0) is 24.6. The number of anilines is 1. The number of para-hydroxylation sites is 1. The summed E-state index contributed by atoms with van der Waals surface area (Å²) in [6, 6.07) is 13.4. The van der Waals surface area contributed by atoms with Gasteiger partial charge in [-0.25, -0.2) is 8.42 Å². The van der Waals surface area contributed by atoms with E-state index in [1.807, 2.05) is 26.0 Å². The molecule has 2 rings (SSSR count). The fourth-order valence-electron chi connectivity index (χ4n) is 3.58. The lowest BCUT2D eigenvalue weighted by molar-refractivity contribution is -0.140. The summed E-state index contributed by atoms with van der Waals surface area (Å²) < 4.78 is 31.5. The first-order valence-electron chi connectivity index (χ1n) is 10.9. The van der Waals surface area contributed by atoms with Gasteiger partial charge in [0.05, 0.1) is 19.1 Å². The summed E-state index contributed by atoms with van der Waals surface area (Å²) in [5.74, 6) is -0.0588. The molecule has 0 aliphatic carbocycles. The standard InChI is InChI=1S/C24H33N3O5S/c1-6-21(24(29)25-7-2)26(16-19-12-14-20(32-4)15-13-19)23(28)17-27(33(5,30)31)22-11-9-8-10-18(22)3/h8-15,21H,6-7,16-17H2,1-5H3,(H,25,29). The zero-order valence-electron chi connectivity index (χ0n) is 19.9. The number of hydrogen-bond acceptors (Lipinski definition) is 5. The van der Waals surface area contributed by atoms with Gasteiger partial charge >= 0.3 is 0 Å². The van der Waals surface area contributed by atoms with Crippen molar-refractivity contribution in [1.82, 2.24) is 10.2 Å². The van der Waals surface area contributed by atoms with Crippen LogP contribution in [-0.4, -0.2) is 57.6 Å². The monoisotopic (exact) mass is 475 g/mol. The molecular formula is C24H33N3O5S. The molecule has 0 aliphatic heterocycles. The van der Waals surface area contributed by atoms with Crippen LogP contribution in [0.4, 0.5) is 5.69 Å². The average molecular weight is 476 g/mol. The quantitative estimate of drug-likeness (QED) is 0.539. The third-order valence-corrected chi connectivity index (χ3v) is 6.44. The van der Waals surface area contributed by atoms with Gasteiger partial charge in [0.2, 0.25) is 21.8 Å². The number of benzene rings is 2. The predicted octanol–water partition coefficient (Wildman–Crippen LogP) is 2.71. The number of sulfonamides is 1. The normalized spacial score (nSPS) is 12.0. The summed E-state index contributed by atoms with van der Waals surface area (Å²) in [4.78, 5) is 27.7. The Morgan fingerprint density at radius 2 is 1.70 bits per heavy atom. The number of likely N-dealkylation sites (N-methyl/N-ethyl adjacent to an activating group) is 1. The minimum absolute atomic E-state index is 0.157. The van der Waals surface area contributed by atoms with Crippen molar-refractivity contribution in [3.8, 4) is 5.75 Å². The molecule has 0 fully saturated rings. The first-order valence-corrected chi connectivity index (χ1v) is 12.7. The Labute approximate surface area is 196 Å². The van der Waals surface area contributed by atoms with Crippen molar-refractivity contribution in [3.63, 3.8) is 0 Å². The third-order valence-electron chi connectivity index (χ3n) is 5.31. The molecule has 2 amide bonds. The molecule has 1 N–H and O–H groups in total. The van der Waals surface area contributed by atoms with E-state index < -0.39 is 28.5 Å². The molecule has 2 aromatic carbocycles. The van der Waals surface area contributed by atoms with Crippen LogP contribution in [0.1, 0.15) is 31.4 Å². The fraction of sp³-hybridized carbons (Fsp3) is 0.417. The molecule has 180 valence electrons. The maximum Gasteiger partial charge on any atom is 0.244 e. The second-order valence-corrected chi connectivity index (χ2v) is 9.65. The van der Waals surface area contributed by atoms with Gasteiger partial charge in [-0.15, -0.1) is 0 Å². The predicted molar refractivity (Wildman–Crippen MR) is 130 cm³/mol. The van der Waals surface area contributed by atoms with E-state index >= 15 is 0 Å². The van der Waals surface area contributed by atoms with Crippen LogP contribution < -0.4 is 14.4 Å². The van der Waals surface area contributed by atoms with Crippen LogP contribution in [0.15, 0.2) is 48.5 Å². The van der Waals surface area contributed by atoms with E-state index in [0.717, 1.165) is 21.7 Å². The number of hydrogen-bond donors (Lipinski definition) is 1. The second kappa shape index (κ2) is 11.7. The van der Waals surface area contributed by atoms with Crippen molar-refractivity contribution in [2.45, 2.75) is 39.8 Å². The maximum atomic E-state index is 13.5. The molecule has 1 unspecified atom stereocenters. The van der Waals surface area contributed by atoms with Crippen molar-refractivity contribution < 1.29 is 22.7 Å². The summed E-state index contributed by atoms with van der Waals surface area (Å²) in [6.07, 6.45) is 1.46. The molecule has 0 aromatic heterocycles. The van der Waals surface area contributed by atoms with Crippen molar-refractivity contribution in [2.75, 3.05) is 30.8 Å². The van der Waals surface area contributed by atoms with Crippen molar-refractivity contribution in [2.24, 2.45) is 0 Å². The fourth-order valence-corrected chi connectivity index (χ4v) is 4.48. The first-order chi connectivity index (χ1) is 15.6. The number of ether oxygens (including phenoxy) is 1. The number of rotatable bonds is 11. The van der Waals surface area contributed by atoms with Gasteiger partial charge in [0, 0.05) is 13.1 Å². The highest BCUT2D eigenvalue weighted by Crippen LogP contribution is 2.23. The highest BCUT2D eigenvalue weighted by Gasteiger charge is 2.31. The average Bonchev–Trinajstić information content (AvgIpc) is 2.77. The van der Waals surface area contributed by atoms with Crippen molar-refractivity contribution in [1.29, 1.82) is 0 Å². The lowest BCUT2D eigenvalue weighted by Crippen LogP contribution is -2.52. The Balaban J connectivity index is 2.43. The summed E-state index contributed by atoms with van der Waals surface area (Å²) in [6.45, 7) is 5.60. The van der Waals surface area contributed by atoms with E-state index in [1.54, 1.807) is 50.4 Å². The smallest absolute Gasteiger partial charge is 0.244 e. The van der Waals surface area contributed by atoms with E-state index in [0.29, 0.717) is 24.4 Å². The number of methoxy groups -OCH3 is 1. The van der Waals surface area contributed by atoms with E-state index in [-0.39, 0.29) is 12.5 Å². The molecular weight excluding hydrogens is 442 g/mol. The number of carbonyl (C=O) groups is 2. The summed E-state index contributed by atoms with van der Waals surface area (Å²) in [7, 11) is -2.18. The van der Waals surface area contributed by atoms with Crippen LogP contribution in [0.3, 0.4) is 0 Å². The number of aryl methyl sites for hydroxylation is 1. The Hall–Kier alpha value is -3.07. The minimum Gasteiger partial charge on any atom is -0.497 e. The zero-order valence-corrected chi connectivity index (χ0v) is 20.7. The molecule has 0 aliphatic rings. The van der Waals surface area contributed by atoms with Crippen LogP contribution in [0.5, 0.6) is 5.75 Å². The van der Waals surface area contributed by atoms with Gasteiger partial charge in [0.25, 0.3) is 0 Å². The Kier molecular flexibility index (Phi) is 9.28. The summed E-state index contributed by atoms with van der Waals surface area (Å²) >= 11 is 0. The molecule has 0 radical (unpaired) electrons. The Bertz CT molecular complexity index is 1050. The molecule has 9 heteroatoms. The van der Waals surface area contributed by atoms with Crippen LogP contribution >= 0.6 is 0 Å². The van der Waals surface area contributed by atoms with E-state index in [2.05, 4.69) is 5.32 Å². The molecule has 0 bridgehead atoms. The first kappa shape index (κ1) is 26.2. The Morgan fingerprint density at radius 1 is 1.06 bits per heavy atom. The van der Waals surface area contributed by atoms with E-state index in [4.69, 9.17) is 4.74 Å². The third kappa shape index (κ3) is 6.95. The van der Waals surface area contributed by atoms with Gasteiger partial charge in [0.15, 0.2) is 0 Å². The number of nitrogens with one attached hydrogen (secondary N) is 1. The molecule has 8 nitrogen and oxygen atoms in total. The summed E-state index contributed by atoms with van der Waals surface area (Å²) in [5, 5.41) is 2.78. The number of amides is 2. The lowest BCUT2D eigenvalue weighted by atomic mass is 10.1. The van der Waals surface area contributed by atoms with Gasteiger partial charge < -0.3 is 15.0 Å². The molecule has 0 saturated carbocycles. The minimum atomic E-state index is -3.75. The van der Waals surface area contributed by atoms with Gasteiger partial charge in [-0.2, -0.15) is 0 Å². The van der Waals surface area contributed by atoms with E-state index in [1.165, 1.54) is 4.90 Å². The van der Waals surface area contributed by atoms with Gasteiger partial charge in [-0.05, 0) is 49.6 Å². The van der Waals surface area contributed by atoms with Gasteiger partial charge in [0.1, 0.15) is 18.3 Å². The molecule has 1 atom stereocenters. The van der Waals surface area contributed by atoms with Crippen LogP contribution in [0.25, 0.3) is 0 Å². The lowest BCUT2D eigenvalue weighted by Gasteiger charge is -2.33. The highest BCUT2D eigenvalue weighted by atomic mass is 32.2. The molecule has 0 spiro atoms. The summed E-state index contributed by atoms with van der Waals surface area (Å²) in [5.41, 5.74) is 1.96. The second-order valence-electron chi connectivity index (χ2n) is 7.74. The highest BCUT2D eigenvalue weighted by molar-refractivity contribution is 7.92. The molecule has 0 saturated heterocycles. The number of carbonyl (C=O) groups excluding carboxylic acids is 2. The van der Waals surface area contributed by atoms with Crippen LogP contribution in [0, 0.1) is 6.92 Å². The largest absolute Gasteiger partial charge is 0.497 e. The number of nitrogens with zero attached hydrogens (tertiary/aromatic N) is 2. The van der Waals surface area contributed by atoms with Crippen molar-refractivity contribution in [3.05, 3.63) is 59.7 Å². The van der Waals surface area contributed by atoms with Crippen LogP contribution in [0.2, 0.25) is 0 Å². The Morgan fingerprint density at radius 3 is 2.21 bits per heavy atom. The SMILES string of the molecule is CCNC(=O)C(CC)N(Cc1ccc(OC)cc1)C(=O)CN(c1ccccc1C)S(C)(=O)=O. The van der Waals surface area contributed by atoms with Gasteiger partial charge in [-0.1, -0.05) is 37.3 Å². The van der Waals surface area contributed by atoms with Crippen molar-refractivity contribution >= 4 is 27.5 Å². The van der Waals surface area contributed by atoms with Gasteiger partial charge in [-0.3, -0.25) is 13.9 Å². The van der Waals surface area contributed by atoms with E-state index in [9.17, 15) is 18.0 Å². The molecule has 0 heterocycles. The molecule has 2 aromatic rings. The maximum absolute atomic E-state index is 13.5. The molecule has 33 heavy (non-hydrogen) atoms. The topological polar surface area (TPSA) is 96.0 Å². The van der Waals surface area contributed by atoms with Crippen LogP contribution in [-0.2, 0) is 26.2 Å².